The molecule has 0 fully saturated rings. The van der Waals surface area contributed by atoms with Crippen LogP contribution >= 0.6 is 0 Å². The fourth-order valence-electron chi connectivity index (χ4n) is 3.20. The number of methoxy groups -OCH3 is 1. The molecule has 1 N–H and O–H groups in total. The largest absolute Gasteiger partial charge is 0.494 e. The quantitative estimate of drug-likeness (QED) is 0.479. The number of nitrogens with zero attached hydrogens (tertiary/aromatic N) is 9. The molecule has 4 aromatic heterocycles. The van der Waals surface area contributed by atoms with Gasteiger partial charge in [0, 0.05) is 11.6 Å². The Balaban J connectivity index is 1.54. The molecule has 0 amide bonds. The lowest BCUT2D eigenvalue weighted by Gasteiger charge is -2.10. The van der Waals surface area contributed by atoms with Crippen LogP contribution in [0.15, 0.2) is 36.8 Å². The summed E-state index contributed by atoms with van der Waals surface area (Å²) in [6.45, 7) is 3.79. The maximum absolute atomic E-state index is 5.43. The normalized spacial score (nSPS) is 11.2. The van der Waals surface area contributed by atoms with Gasteiger partial charge in [-0.1, -0.05) is 12.1 Å². The Morgan fingerprint density at radius 1 is 0.967 bits per heavy atom. The van der Waals surface area contributed by atoms with Gasteiger partial charge in [-0.25, -0.2) is 19.9 Å². The van der Waals surface area contributed by atoms with E-state index in [2.05, 4.69) is 45.5 Å². The zero-order chi connectivity index (χ0) is 20.7. The predicted molar refractivity (Wildman–Crippen MR) is 108 cm³/mol. The Morgan fingerprint density at radius 3 is 2.73 bits per heavy atom. The Hall–Kier alpha value is -4.28. The van der Waals surface area contributed by atoms with E-state index >= 15 is 0 Å². The van der Waals surface area contributed by atoms with Crippen LogP contribution in [0.3, 0.4) is 0 Å². The van der Waals surface area contributed by atoms with Crippen LogP contribution in [0.25, 0.3) is 28.1 Å². The van der Waals surface area contributed by atoms with E-state index in [1.165, 1.54) is 6.33 Å². The molecule has 0 saturated heterocycles. The molecule has 11 nitrogen and oxygen atoms in total. The average molecular weight is 400 g/mol. The highest BCUT2D eigenvalue weighted by Gasteiger charge is 2.14. The van der Waals surface area contributed by atoms with Gasteiger partial charge in [-0.3, -0.25) is 5.32 Å². The second kappa shape index (κ2) is 6.95. The molecule has 5 aromatic rings. The minimum Gasteiger partial charge on any atom is -0.494 e. The fourth-order valence-corrected chi connectivity index (χ4v) is 3.20. The minimum atomic E-state index is 0.334. The molecule has 1 aromatic carbocycles. The van der Waals surface area contributed by atoms with Gasteiger partial charge < -0.3 is 4.74 Å². The summed E-state index contributed by atoms with van der Waals surface area (Å²) >= 11 is 0. The van der Waals surface area contributed by atoms with Gasteiger partial charge in [-0.05, 0) is 26.0 Å². The summed E-state index contributed by atoms with van der Waals surface area (Å²) < 4.78 is 7.04. The maximum Gasteiger partial charge on any atom is 0.271 e. The molecule has 0 unspecified atom stereocenters. The molecule has 11 heteroatoms. The fraction of sp³-hybridized carbons (Fsp3) is 0.158. The number of aryl methyl sites for hydroxylation is 2. The molecule has 0 radical (unpaired) electrons. The highest BCUT2D eigenvalue weighted by Crippen LogP contribution is 2.27. The number of benzene rings is 1. The third kappa shape index (κ3) is 2.92. The lowest BCUT2D eigenvalue weighted by molar-refractivity contribution is 0.419. The van der Waals surface area contributed by atoms with E-state index in [-0.39, 0.29) is 0 Å². The zero-order valence-electron chi connectivity index (χ0n) is 16.4. The van der Waals surface area contributed by atoms with Crippen molar-refractivity contribution < 1.29 is 4.74 Å². The summed E-state index contributed by atoms with van der Waals surface area (Å²) in [7, 11) is 1.61. The van der Waals surface area contributed by atoms with Gasteiger partial charge in [-0.15, -0.1) is 10.2 Å². The number of anilines is 2. The number of ether oxygens (including phenoxy) is 1. The van der Waals surface area contributed by atoms with Crippen molar-refractivity contribution in [2.75, 3.05) is 12.4 Å². The third-order valence-electron chi connectivity index (χ3n) is 4.65. The number of rotatable bonds is 4. The molecule has 0 saturated carbocycles. The number of hydrogen-bond acceptors (Lipinski definition) is 10. The first-order valence-electron chi connectivity index (χ1n) is 9.09. The first kappa shape index (κ1) is 17.8. The van der Waals surface area contributed by atoms with Gasteiger partial charge in [0.2, 0.25) is 11.9 Å². The van der Waals surface area contributed by atoms with E-state index in [1.807, 2.05) is 32.0 Å². The van der Waals surface area contributed by atoms with Gasteiger partial charge >= 0.3 is 0 Å². The molecule has 0 atom stereocenters. The van der Waals surface area contributed by atoms with Crippen molar-refractivity contribution in [1.82, 2.24) is 44.7 Å². The first-order chi connectivity index (χ1) is 14.6. The maximum atomic E-state index is 5.43. The van der Waals surface area contributed by atoms with E-state index in [1.54, 1.807) is 23.9 Å². The minimum absolute atomic E-state index is 0.334. The molecule has 0 bridgehead atoms. The molecule has 0 spiro atoms. The lowest BCUT2D eigenvalue weighted by Crippen LogP contribution is -2.06. The van der Waals surface area contributed by atoms with Gasteiger partial charge in [0.15, 0.2) is 0 Å². The molecular formula is C19H16N10O. The van der Waals surface area contributed by atoms with E-state index in [0.29, 0.717) is 40.3 Å². The van der Waals surface area contributed by atoms with Crippen LogP contribution in [0.4, 0.5) is 11.9 Å². The van der Waals surface area contributed by atoms with Crippen molar-refractivity contribution in [2.24, 2.45) is 0 Å². The topological polar surface area (TPSA) is 129 Å². The second-order valence-electron chi connectivity index (χ2n) is 6.49. The van der Waals surface area contributed by atoms with E-state index in [0.717, 1.165) is 16.8 Å². The Morgan fingerprint density at radius 2 is 1.87 bits per heavy atom. The standard InChI is InChI=1S/C19H16N10O/c1-10-12-5-4-6-14(30-3)16(12)25-18(23-10)26-17-20-8-7-13(24-17)15-11(2)29-19(28-27-15)21-9-22-29/h4-9H,1-3H3,(H,20,23,24,25,26). The molecule has 30 heavy (non-hydrogen) atoms. The van der Waals surface area contributed by atoms with Crippen molar-refractivity contribution in [2.45, 2.75) is 13.8 Å². The van der Waals surface area contributed by atoms with Crippen molar-refractivity contribution in [3.8, 4) is 17.1 Å². The number of para-hydroxylation sites is 1. The van der Waals surface area contributed by atoms with Gasteiger partial charge in [0.25, 0.3) is 5.78 Å². The van der Waals surface area contributed by atoms with E-state index in [4.69, 9.17) is 4.74 Å². The number of aromatic nitrogens is 9. The van der Waals surface area contributed by atoms with E-state index in [9.17, 15) is 0 Å². The van der Waals surface area contributed by atoms with Crippen LogP contribution in [0, 0.1) is 13.8 Å². The molecule has 148 valence electrons. The average Bonchev–Trinajstić information content (AvgIpc) is 3.24. The Kier molecular flexibility index (Phi) is 4.12. The highest BCUT2D eigenvalue weighted by atomic mass is 16.5. The molecule has 0 aliphatic carbocycles. The van der Waals surface area contributed by atoms with Crippen molar-refractivity contribution in [3.05, 3.63) is 48.2 Å². The number of fused-ring (bicyclic) bond motifs is 2. The monoisotopic (exact) mass is 400 g/mol. The summed E-state index contributed by atoms with van der Waals surface area (Å²) in [6, 6.07) is 7.47. The predicted octanol–water partition coefficient (Wildman–Crippen LogP) is 2.29. The molecule has 0 aliphatic heterocycles. The third-order valence-corrected chi connectivity index (χ3v) is 4.65. The molecule has 4 heterocycles. The van der Waals surface area contributed by atoms with Crippen LogP contribution in [-0.4, -0.2) is 51.8 Å². The van der Waals surface area contributed by atoms with Crippen LogP contribution in [0.2, 0.25) is 0 Å². The number of hydrogen-bond donors (Lipinski definition) is 1. The van der Waals surface area contributed by atoms with Crippen molar-refractivity contribution in [3.63, 3.8) is 0 Å². The van der Waals surface area contributed by atoms with Crippen LogP contribution in [-0.2, 0) is 0 Å². The van der Waals surface area contributed by atoms with Gasteiger partial charge in [-0.2, -0.15) is 14.6 Å². The number of nitrogens with one attached hydrogen (secondary N) is 1. The zero-order valence-corrected chi connectivity index (χ0v) is 16.4. The smallest absolute Gasteiger partial charge is 0.271 e. The van der Waals surface area contributed by atoms with Crippen LogP contribution in [0.5, 0.6) is 5.75 Å². The first-order valence-corrected chi connectivity index (χ1v) is 9.09. The summed E-state index contributed by atoms with van der Waals surface area (Å²) in [5.74, 6) is 1.80. The van der Waals surface area contributed by atoms with Crippen molar-refractivity contribution >= 4 is 28.6 Å². The molecular weight excluding hydrogens is 384 g/mol. The van der Waals surface area contributed by atoms with Gasteiger partial charge in [0.05, 0.1) is 24.2 Å². The van der Waals surface area contributed by atoms with Gasteiger partial charge in [0.1, 0.15) is 23.3 Å². The molecule has 0 aliphatic rings. The molecule has 5 rings (SSSR count). The van der Waals surface area contributed by atoms with Crippen LogP contribution in [0.1, 0.15) is 11.4 Å². The summed E-state index contributed by atoms with van der Waals surface area (Å²) in [6.07, 6.45) is 3.06. The Labute approximate surface area is 170 Å². The second-order valence-corrected chi connectivity index (χ2v) is 6.49. The summed E-state index contributed by atoms with van der Waals surface area (Å²) in [5.41, 5.74) is 3.46. The summed E-state index contributed by atoms with van der Waals surface area (Å²) in [5, 5.41) is 16.5. The highest BCUT2D eigenvalue weighted by molar-refractivity contribution is 5.87. The Bertz CT molecular complexity index is 1400. The summed E-state index contributed by atoms with van der Waals surface area (Å²) in [4.78, 5) is 22.0. The van der Waals surface area contributed by atoms with Crippen molar-refractivity contribution in [1.29, 1.82) is 0 Å². The van der Waals surface area contributed by atoms with Crippen LogP contribution < -0.4 is 10.1 Å². The SMILES string of the molecule is COc1cccc2c(C)nc(Nc3nccc(-c4nnc5ncnn5c4C)n3)nc12. The van der Waals surface area contributed by atoms with E-state index < -0.39 is 0 Å². The lowest BCUT2D eigenvalue weighted by atomic mass is 10.2.